The first-order valence-corrected chi connectivity index (χ1v) is 5.45. The van der Waals surface area contributed by atoms with E-state index in [1.54, 1.807) is 13.3 Å². The molecule has 0 bridgehead atoms. The number of aromatic amines is 1. The molecule has 2 aromatic heterocycles. The fourth-order valence-electron chi connectivity index (χ4n) is 1.63. The van der Waals surface area contributed by atoms with E-state index in [-0.39, 0.29) is 0 Å². The normalized spacial score (nSPS) is 10.3. The van der Waals surface area contributed by atoms with E-state index in [0.717, 1.165) is 23.6 Å². The molecule has 2 N–H and O–H groups in total. The lowest BCUT2D eigenvalue weighted by Crippen LogP contribution is -2.02. The van der Waals surface area contributed by atoms with Crippen molar-refractivity contribution in [3.8, 4) is 5.88 Å². The first-order valence-electron chi connectivity index (χ1n) is 5.45. The molecule has 0 fully saturated rings. The van der Waals surface area contributed by atoms with E-state index in [9.17, 15) is 0 Å². The maximum absolute atomic E-state index is 5.00. The number of pyridine rings is 1. The van der Waals surface area contributed by atoms with Crippen molar-refractivity contribution in [3.63, 3.8) is 0 Å². The van der Waals surface area contributed by atoms with Crippen LogP contribution in [-0.2, 0) is 6.54 Å². The first-order chi connectivity index (χ1) is 8.20. The number of methoxy groups -OCH3 is 1. The van der Waals surface area contributed by atoms with E-state index < -0.39 is 0 Å². The first kappa shape index (κ1) is 11.4. The number of anilines is 1. The van der Waals surface area contributed by atoms with Crippen molar-refractivity contribution in [1.29, 1.82) is 0 Å². The summed E-state index contributed by atoms with van der Waals surface area (Å²) < 4.78 is 5.00. The van der Waals surface area contributed by atoms with Gasteiger partial charge in [0.15, 0.2) is 0 Å². The van der Waals surface area contributed by atoms with Crippen LogP contribution in [0.3, 0.4) is 0 Å². The molecule has 0 saturated carbocycles. The van der Waals surface area contributed by atoms with Crippen LogP contribution in [0.5, 0.6) is 5.88 Å². The van der Waals surface area contributed by atoms with Crippen LogP contribution in [0.2, 0.25) is 0 Å². The minimum Gasteiger partial charge on any atom is -0.481 e. The zero-order valence-corrected chi connectivity index (χ0v) is 10.2. The third-order valence-electron chi connectivity index (χ3n) is 2.70. The standard InChI is InChI=1S/C12H16N4O/c1-8-11(9(2)16-15-8)7-13-10-4-5-12(17-3)14-6-10/h4-6,13H,7H2,1-3H3,(H,15,16). The number of nitrogens with zero attached hydrogens (tertiary/aromatic N) is 2. The second-order valence-corrected chi connectivity index (χ2v) is 3.86. The summed E-state index contributed by atoms with van der Waals surface area (Å²) in [5.74, 6) is 0.617. The maximum atomic E-state index is 5.00. The minimum absolute atomic E-state index is 0.617. The van der Waals surface area contributed by atoms with Gasteiger partial charge in [0.25, 0.3) is 0 Å². The quantitative estimate of drug-likeness (QED) is 0.846. The summed E-state index contributed by atoms with van der Waals surface area (Å²) in [6.45, 7) is 4.75. The van der Waals surface area contributed by atoms with E-state index in [0.29, 0.717) is 5.88 Å². The lowest BCUT2D eigenvalue weighted by atomic mass is 10.2. The Kier molecular flexibility index (Phi) is 3.27. The van der Waals surface area contributed by atoms with Gasteiger partial charge >= 0.3 is 0 Å². The molecule has 2 aromatic rings. The van der Waals surface area contributed by atoms with Crippen molar-refractivity contribution in [2.24, 2.45) is 0 Å². The molecule has 0 aliphatic carbocycles. The van der Waals surface area contributed by atoms with Gasteiger partial charge in [0.05, 0.1) is 24.7 Å². The topological polar surface area (TPSA) is 62.8 Å². The maximum Gasteiger partial charge on any atom is 0.213 e. The molecule has 0 atom stereocenters. The van der Waals surface area contributed by atoms with Crippen molar-refractivity contribution in [1.82, 2.24) is 15.2 Å². The van der Waals surface area contributed by atoms with E-state index in [1.807, 2.05) is 26.0 Å². The monoisotopic (exact) mass is 232 g/mol. The lowest BCUT2D eigenvalue weighted by molar-refractivity contribution is 0.398. The molecule has 2 rings (SSSR count). The number of nitrogens with one attached hydrogen (secondary N) is 2. The molecule has 0 saturated heterocycles. The van der Waals surface area contributed by atoms with Gasteiger partial charge in [0, 0.05) is 23.9 Å². The highest BCUT2D eigenvalue weighted by molar-refractivity contribution is 5.43. The Bertz CT molecular complexity index is 470. The lowest BCUT2D eigenvalue weighted by Gasteiger charge is -2.06. The molecule has 0 spiro atoms. The number of aryl methyl sites for hydroxylation is 2. The third kappa shape index (κ3) is 2.55. The van der Waals surface area contributed by atoms with Crippen LogP contribution in [0, 0.1) is 13.8 Å². The van der Waals surface area contributed by atoms with Gasteiger partial charge in [0.2, 0.25) is 5.88 Å². The van der Waals surface area contributed by atoms with Gasteiger partial charge in [-0.15, -0.1) is 0 Å². The van der Waals surface area contributed by atoms with Crippen LogP contribution in [0.15, 0.2) is 18.3 Å². The Morgan fingerprint density at radius 3 is 2.71 bits per heavy atom. The highest BCUT2D eigenvalue weighted by Crippen LogP contribution is 2.14. The molecule has 0 radical (unpaired) electrons. The predicted molar refractivity (Wildman–Crippen MR) is 66.2 cm³/mol. The second-order valence-electron chi connectivity index (χ2n) is 3.86. The van der Waals surface area contributed by atoms with Gasteiger partial charge in [-0.3, -0.25) is 5.10 Å². The predicted octanol–water partition coefficient (Wildman–Crippen LogP) is 2.04. The molecule has 2 heterocycles. The number of rotatable bonds is 4. The van der Waals surface area contributed by atoms with Crippen LogP contribution in [0.1, 0.15) is 17.0 Å². The Labute approximate surface area is 100 Å². The highest BCUT2D eigenvalue weighted by atomic mass is 16.5. The van der Waals surface area contributed by atoms with Gasteiger partial charge in [0.1, 0.15) is 0 Å². The van der Waals surface area contributed by atoms with Crippen LogP contribution < -0.4 is 10.1 Å². The third-order valence-corrected chi connectivity index (χ3v) is 2.70. The van der Waals surface area contributed by atoms with Gasteiger partial charge in [-0.05, 0) is 19.9 Å². The smallest absolute Gasteiger partial charge is 0.213 e. The van der Waals surface area contributed by atoms with Gasteiger partial charge in [-0.25, -0.2) is 4.98 Å². The molecular formula is C12H16N4O. The van der Waals surface area contributed by atoms with Gasteiger partial charge in [-0.1, -0.05) is 0 Å². The summed E-state index contributed by atoms with van der Waals surface area (Å²) >= 11 is 0. The van der Waals surface area contributed by atoms with Gasteiger partial charge in [-0.2, -0.15) is 5.10 Å². The molecule has 0 aliphatic heterocycles. The van der Waals surface area contributed by atoms with Crippen LogP contribution in [0.25, 0.3) is 0 Å². The van der Waals surface area contributed by atoms with E-state index in [4.69, 9.17) is 4.74 Å². The second kappa shape index (κ2) is 4.86. The van der Waals surface area contributed by atoms with Crippen molar-refractivity contribution in [2.75, 3.05) is 12.4 Å². The van der Waals surface area contributed by atoms with Crippen LogP contribution >= 0.6 is 0 Å². The summed E-state index contributed by atoms with van der Waals surface area (Å²) in [6, 6.07) is 3.77. The summed E-state index contributed by atoms with van der Waals surface area (Å²) in [5, 5.41) is 10.4. The molecule has 0 amide bonds. The summed E-state index contributed by atoms with van der Waals surface area (Å²) in [6.07, 6.45) is 1.75. The SMILES string of the molecule is COc1ccc(NCc2c(C)n[nH]c2C)cn1. The zero-order valence-electron chi connectivity index (χ0n) is 10.2. The molecule has 17 heavy (non-hydrogen) atoms. The van der Waals surface area contributed by atoms with Crippen molar-refractivity contribution < 1.29 is 4.74 Å². The molecular weight excluding hydrogens is 216 g/mol. The Hall–Kier alpha value is -2.04. The summed E-state index contributed by atoms with van der Waals surface area (Å²) in [7, 11) is 1.60. The molecule has 0 aliphatic rings. The Morgan fingerprint density at radius 1 is 1.35 bits per heavy atom. The molecule has 5 nitrogen and oxygen atoms in total. The van der Waals surface area contributed by atoms with E-state index in [2.05, 4.69) is 20.5 Å². The molecule has 0 aromatic carbocycles. The largest absolute Gasteiger partial charge is 0.481 e. The highest BCUT2D eigenvalue weighted by Gasteiger charge is 2.05. The molecule has 0 unspecified atom stereocenters. The van der Waals surface area contributed by atoms with Gasteiger partial charge < -0.3 is 10.1 Å². The summed E-state index contributed by atoms with van der Waals surface area (Å²) in [4.78, 5) is 4.13. The molecule has 90 valence electrons. The van der Waals surface area contributed by atoms with Crippen LogP contribution in [0.4, 0.5) is 5.69 Å². The number of ether oxygens (including phenoxy) is 1. The summed E-state index contributed by atoms with van der Waals surface area (Å²) in [5.41, 5.74) is 4.28. The van der Waals surface area contributed by atoms with E-state index >= 15 is 0 Å². The fourth-order valence-corrected chi connectivity index (χ4v) is 1.63. The van der Waals surface area contributed by atoms with Crippen molar-refractivity contribution >= 4 is 5.69 Å². The van der Waals surface area contributed by atoms with Crippen molar-refractivity contribution in [2.45, 2.75) is 20.4 Å². The van der Waals surface area contributed by atoms with E-state index in [1.165, 1.54) is 5.56 Å². The number of aromatic nitrogens is 3. The molecule has 5 heteroatoms. The zero-order chi connectivity index (χ0) is 12.3. The number of H-pyrrole nitrogens is 1. The Balaban J connectivity index is 2.02. The average molecular weight is 232 g/mol. The fraction of sp³-hybridized carbons (Fsp3) is 0.333. The van der Waals surface area contributed by atoms with Crippen LogP contribution in [-0.4, -0.2) is 22.3 Å². The minimum atomic E-state index is 0.617. The Morgan fingerprint density at radius 2 is 2.18 bits per heavy atom. The number of hydrogen-bond donors (Lipinski definition) is 2. The van der Waals surface area contributed by atoms with Crippen molar-refractivity contribution in [3.05, 3.63) is 35.3 Å². The average Bonchev–Trinajstić information content (AvgIpc) is 2.67. The number of hydrogen-bond acceptors (Lipinski definition) is 4.